The molecule has 1 atom stereocenters. The molecule has 1 aromatic heterocycles. The van der Waals surface area contributed by atoms with Crippen molar-refractivity contribution in [1.82, 2.24) is 10.2 Å². The van der Waals surface area contributed by atoms with Crippen LogP contribution in [0.3, 0.4) is 0 Å². The Kier molecular flexibility index (Phi) is 3.71. The lowest BCUT2D eigenvalue weighted by molar-refractivity contribution is -0.138. The van der Waals surface area contributed by atoms with Gasteiger partial charge < -0.3 is 10.2 Å². The van der Waals surface area contributed by atoms with Crippen LogP contribution in [0.25, 0.3) is 0 Å². The SMILES string of the molecule is CCC1(C)NC(=O)CCN(Cc2cccs2)C1=O. The number of hydrogen-bond donors (Lipinski definition) is 1. The second-order valence-corrected chi connectivity index (χ2v) is 5.82. The molecule has 5 heteroatoms. The second-order valence-electron chi connectivity index (χ2n) is 4.79. The highest BCUT2D eigenvalue weighted by Gasteiger charge is 2.38. The van der Waals surface area contributed by atoms with E-state index in [1.54, 1.807) is 23.2 Å². The number of thiophene rings is 1. The average Bonchev–Trinajstić information content (AvgIpc) is 2.82. The highest BCUT2D eigenvalue weighted by atomic mass is 32.1. The molecule has 1 aliphatic heterocycles. The molecule has 2 rings (SSSR count). The van der Waals surface area contributed by atoms with Crippen LogP contribution < -0.4 is 5.32 Å². The van der Waals surface area contributed by atoms with E-state index in [0.29, 0.717) is 25.9 Å². The Morgan fingerprint density at radius 1 is 1.50 bits per heavy atom. The van der Waals surface area contributed by atoms with Gasteiger partial charge in [-0.25, -0.2) is 0 Å². The Balaban J connectivity index is 2.19. The molecule has 98 valence electrons. The van der Waals surface area contributed by atoms with E-state index in [1.807, 2.05) is 24.4 Å². The van der Waals surface area contributed by atoms with Crippen LogP contribution in [0, 0.1) is 0 Å². The van der Waals surface area contributed by atoms with Crippen LogP contribution >= 0.6 is 11.3 Å². The molecule has 0 spiro atoms. The fraction of sp³-hybridized carbons (Fsp3) is 0.538. The van der Waals surface area contributed by atoms with Crippen LogP contribution in [0.1, 0.15) is 31.6 Å². The summed E-state index contributed by atoms with van der Waals surface area (Å²) < 4.78 is 0. The average molecular weight is 266 g/mol. The van der Waals surface area contributed by atoms with Gasteiger partial charge in [0.2, 0.25) is 11.8 Å². The van der Waals surface area contributed by atoms with Gasteiger partial charge in [-0.2, -0.15) is 0 Å². The predicted molar refractivity (Wildman–Crippen MR) is 71.2 cm³/mol. The monoisotopic (exact) mass is 266 g/mol. The summed E-state index contributed by atoms with van der Waals surface area (Å²) >= 11 is 1.63. The number of rotatable bonds is 3. The number of carbonyl (C=O) groups is 2. The maximum Gasteiger partial charge on any atom is 0.248 e. The fourth-order valence-electron chi connectivity index (χ4n) is 2.09. The van der Waals surface area contributed by atoms with Crippen molar-refractivity contribution in [3.63, 3.8) is 0 Å². The molecule has 1 fully saturated rings. The number of hydrogen-bond acceptors (Lipinski definition) is 3. The van der Waals surface area contributed by atoms with Crippen LogP contribution in [0.4, 0.5) is 0 Å². The zero-order valence-electron chi connectivity index (χ0n) is 10.7. The molecule has 1 unspecified atom stereocenters. The third-order valence-corrected chi connectivity index (χ3v) is 4.28. The van der Waals surface area contributed by atoms with Gasteiger partial charge in [0, 0.05) is 17.8 Å². The van der Waals surface area contributed by atoms with E-state index in [0.717, 1.165) is 4.88 Å². The number of nitrogens with one attached hydrogen (secondary N) is 1. The summed E-state index contributed by atoms with van der Waals surface area (Å²) in [7, 11) is 0. The molecule has 1 N–H and O–H groups in total. The Labute approximate surface area is 111 Å². The zero-order chi connectivity index (χ0) is 13.2. The van der Waals surface area contributed by atoms with Crippen LogP contribution in [0.2, 0.25) is 0 Å². The summed E-state index contributed by atoms with van der Waals surface area (Å²) in [5.41, 5.74) is -0.759. The van der Waals surface area contributed by atoms with Gasteiger partial charge in [-0.3, -0.25) is 9.59 Å². The first kappa shape index (κ1) is 13.1. The van der Waals surface area contributed by atoms with Gasteiger partial charge in [-0.05, 0) is 24.8 Å². The Morgan fingerprint density at radius 3 is 2.89 bits per heavy atom. The fourth-order valence-corrected chi connectivity index (χ4v) is 2.81. The van der Waals surface area contributed by atoms with Gasteiger partial charge in [0.25, 0.3) is 0 Å². The van der Waals surface area contributed by atoms with E-state index in [4.69, 9.17) is 0 Å². The normalized spacial score (nSPS) is 24.9. The van der Waals surface area contributed by atoms with Crippen molar-refractivity contribution < 1.29 is 9.59 Å². The third-order valence-electron chi connectivity index (χ3n) is 3.42. The zero-order valence-corrected chi connectivity index (χ0v) is 11.5. The highest BCUT2D eigenvalue weighted by molar-refractivity contribution is 7.09. The van der Waals surface area contributed by atoms with Gasteiger partial charge in [0.05, 0.1) is 6.54 Å². The van der Waals surface area contributed by atoms with Crippen molar-refractivity contribution >= 4 is 23.2 Å². The van der Waals surface area contributed by atoms with Gasteiger partial charge in [-0.15, -0.1) is 11.3 Å². The van der Waals surface area contributed by atoms with E-state index < -0.39 is 5.54 Å². The molecule has 0 aromatic carbocycles. The van der Waals surface area contributed by atoms with E-state index in [-0.39, 0.29) is 11.8 Å². The largest absolute Gasteiger partial charge is 0.342 e. The van der Waals surface area contributed by atoms with E-state index >= 15 is 0 Å². The Morgan fingerprint density at radius 2 is 2.28 bits per heavy atom. The summed E-state index contributed by atoms with van der Waals surface area (Å²) in [6.45, 7) is 4.83. The lowest BCUT2D eigenvalue weighted by Gasteiger charge is -2.30. The summed E-state index contributed by atoms with van der Waals surface area (Å²) in [4.78, 5) is 27.1. The molecule has 0 saturated carbocycles. The lowest BCUT2D eigenvalue weighted by Crippen LogP contribution is -2.54. The minimum atomic E-state index is -0.759. The second kappa shape index (κ2) is 5.10. The molecular weight excluding hydrogens is 248 g/mol. The highest BCUT2D eigenvalue weighted by Crippen LogP contribution is 2.20. The molecule has 1 saturated heterocycles. The van der Waals surface area contributed by atoms with Gasteiger partial charge in [-0.1, -0.05) is 13.0 Å². The molecule has 4 nitrogen and oxygen atoms in total. The predicted octanol–water partition coefficient (Wildman–Crippen LogP) is 1.77. The van der Waals surface area contributed by atoms with Crippen LogP contribution in [0.5, 0.6) is 0 Å². The minimum absolute atomic E-state index is 0.0178. The van der Waals surface area contributed by atoms with Crippen molar-refractivity contribution in [3.8, 4) is 0 Å². The molecule has 0 aliphatic carbocycles. The number of nitrogens with zero attached hydrogens (tertiary/aromatic N) is 1. The number of amides is 2. The Hall–Kier alpha value is -1.36. The van der Waals surface area contributed by atoms with E-state index in [9.17, 15) is 9.59 Å². The van der Waals surface area contributed by atoms with Crippen LogP contribution in [-0.2, 0) is 16.1 Å². The van der Waals surface area contributed by atoms with E-state index in [2.05, 4.69) is 5.32 Å². The summed E-state index contributed by atoms with van der Waals surface area (Å²) in [6.07, 6.45) is 0.991. The van der Waals surface area contributed by atoms with Crippen molar-refractivity contribution in [1.29, 1.82) is 0 Å². The van der Waals surface area contributed by atoms with E-state index in [1.165, 1.54) is 0 Å². The molecule has 18 heavy (non-hydrogen) atoms. The molecule has 0 bridgehead atoms. The van der Waals surface area contributed by atoms with Crippen molar-refractivity contribution in [2.45, 2.75) is 38.8 Å². The first-order valence-electron chi connectivity index (χ1n) is 6.18. The van der Waals surface area contributed by atoms with Gasteiger partial charge >= 0.3 is 0 Å². The minimum Gasteiger partial charge on any atom is -0.342 e. The Bertz CT molecular complexity index is 444. The standard InChI is InChI=1S/C13H18N2O2S/c1-3-13(2)12(17)15(7-6-11(16)14-13)9-10-5-4-8-18-10/h4-5,8H,3,6-7,9H2,1-2H3,(H,14,16). The van der Waals surface area contributed by atoms with Gasteiger partial charge in [0.15, 0.2) is 0 Å². The maximum absolute atomic E-state index is 12.5. The van der Waals surface area contributed by atoms with Crippen LogP contribution in [0.15, 0.2) is 17.5 Å². The first-order valence-corrected chi connectivity index (χ1v) is 7.06. The summed E-state index contributed by atoms with van der Waals surface area (Å²) in [5.74, 6) is -0.0226. The van der Waals surface area contributed by atoms with Crippen molar-refractivity contribution in [3.05, 3.63) is 22.4 Å². The van der Waals surface area contributed by atoms with Gasteiger partial charge in [0.1, 0.15) is 5.54 Å². The quantitative estimate of drug-likeness (QED) is 0.906. The maximum atomic E-state index is 12.5. The molecule has 2 heterocycles. The summed E-state index contributed by atoms with van der Waals surface area (Å²) in [6, 6.07) is 3.99. The molecular formula is C13H18N2O2S. The molecule has 1 aliphatic rings. The number of carbonyl (C=O) groups excluding carboxylic acids is 2. The van der Waals surface area contributed by atoms with Crippen molar-refractivity contribution in [2.75, 3.05) is 6.54 Å². The third kappa shape index (κ3) is 2.56. The smallest absolute Gasteiger partial charge is 0.248 e. The topological polar surface area (TPSA) is 49.4 Å². The molecule has 0 radical (unpaired) electrons. The molecule has 2 amide bonds. The van der Waals surface area contributed by atoms with Crippen LogP contribution in [-0.4, -0.2) is 28.8 Å². The lowest BCUT2D eigenvalue weighted by atomic mass is 9.97. The van der Waals surface area contributed by atoms with Crippen molar-refractivity contribution in [2.24, 2.45) is 0 Å². The first-order chi connectivity index (χ1) is 8.55. The molecule has 1 aromatic rings. The summed E-state index contributed by atoms with van der Waals surface area (Å²) in [5, 5.41) is 4.84.